The summed E-state index contributed by atoms with van der Waals surface area (Å²) in [6, 6.07) is 1.24. The Morgan fingerprint density at radius 2 is 1.85 bits per heavy atom. The number of hydrogen-bond acceptors (Lipinski definition) is 2. The second kappa shape index (κ2) is 6.46. The van der Waals surface area contributed by atoms with Crippen molar-refractivity contribution in [2.75, 3.05) is 13.1 Å². The average Bonchev–Trinajstić information content (AvgIpc) is 2.79. The van der Waals surface area contributed by atoms with Crippen LogP contribution in [-0.4, -0.2) is 36.0 Å². The Balaban J connectivity index is 1.51. The molecule has 3 rings (SSSR count). The number of fused-ring (bicyclic) bond motifs is 2. The highest BCUT2D eigenvalue weighted by Crippen LogP contribution is 2.30. The van der Waals surface area contributed by atoms with Gasteiger partial charge < -0.3 is 10.2 Å². The molecule has 0 aromatic carbocycles. The monoisotopic (exact) mass is 278 g/mol. The highest BCUT2D eigenvalue weighted by atomic mass is 16.2. The maximum atomic E-state index is 12.7. The topological polar surface area (TPSA) is 32.3 Å². The molecule has 20 heavy (non-hydrogen) atoms. The molecule has 3 aliphatic rings. The van der Waals surface area contributed by atoms with Crippen molar-refractivity contribution in [3.8, 4) is 0 Å². The van der Waals surface area contributed by atoms with Gasteiger partial charge in [-0.1, -0.05) is 39.0 Å². The zero-order valence-electron chi connectivity index (χ0n) is 12.9. The normalized spacial score (nSPS) is 33.0. The smallest absolute Gasteiger partial charge is 0.225 e. The molecule has 3 heteroatoms. The van der Waals surface area contributed by atoms with Crippen molar-refractivity contribution in [2.45, 2.75) is 76.8 Å². The minimum absolute atomic E-state index is 0.231. The molecule has 2 aliphatic heterocycles. The zero-order chi connectivity index (χ0) is 13.9. The lowest BCUT2D eigenvalue weighted by atomic mass is 9.83. The van der Waals surface area contributed by atoms with Crippen LogP contribution in [0.15, 0.2) is 0 Å². The van der Waals surface area contributed by atoms with E-state index < -0.39 is 0 Å². The van der Waals surface area contributed by atoms with Gasteiger partial charge in [0.05, 0.1) is 0 Å². The zero-order valence-corrected chi connectivity index (χ0v) is 12.9. The Labute approximate surface area is 123 Å². The highest BCUT2D eigenvalue weighted by molar-refractivity contribution is 5.78. The number of nitrogens with zero attached hydrogens (tertiary/aromatic N) is 1. The molecule has 3 nitrogen and oxygen atoms in total. The molecule has 2 heterocycles. The van der Waals surface area contributed by atoms with Crippen LogP contribution in [0, 0.1) is 11.8 Å². The summed E-state index contributed by atoms with van der Waals surface area (Å²) in [4.78, 5) is 14.9. The molecule has 0 aromatic rings. The summed E-state index contributed by atoms with van der Waals surface area (Å²) in [5.74, 6) is 1.46. The van der Waals surface area contributed by atoms with Crippen LogP contribution in [0.1, 0.15) is 64.7 Å². The molecule has 1 N–H and O–H groups in total. The van der Waals surface area contributed by atoms with Gasteiger partial charge in [-0.25, -0.2) is 0 Å². The van der Waals surface area contributed by atoms with Crippen LogP contribution < -0.4 is 5.32 Å². The average molecular weight is 278 g/mol. The van der Waals surface area contributed by atoms with Crippen LogP contribution >= 0.6 is 0 Å². The summed E-state index contributed by atoms with van der Waals surface area (Å²) in [5, 5.41) is 3.66. The number of likely N-dealkylation sites (tertiary alicyclic amines) is 1. The van der Waals surface area contributed by atoms with E-state index in [1.807, 2.05) is 0 Å². The van der Waals surface area contributed by atoms with Crippen molar-refractivity contribution in [3.05, 3.63) is 0 Å². The van der Waals surface area contributed by atoms with E-state index >= 15 is 0 Å². The first-order valence-corrected chi connectivity index (χ1v) is 8.77. The first-order valence-electron chi connectivity index (χ1n) is 8.77. The van der Waals surface area contributed by atoms with Crippen molar-refractivity contribution >= 4 is 5.91 Å². The second-order valence-electron chi connectivity index (χ2n) is 7.35. The van der Waals surface area contributed by atoms with E-state index in [1.54, 1.807) is 0 Å². The molecule has 2 saturated heterocycles. The van der Waals surface area contributed by atoms with Crippen LogP contribution in [0.5, 0.6) is 0 Å². The fourth-order valence-corrected chi connectivity index (χ4v) is 4.48. The maximum absolute atomic E-state index is 12.7. The first kappa shape index (κ1) is 14.4. The molecule has 3 fully saturated rings. The molecule has 2 bridgehead atoms. The number of nitrogens with one attached hydrogen (secondary N) is 1. The minimum Gasteiger partial charge on any atom is -0.341 e. The lowest BCUT2D eigenvalue weighted by Gasteiger charge is -2.30. The van der Waals surface area contributed by atoms with Gasteiger partial charge in [0, 0.05) is 31.1 Å². The standard InChI is InChI=1S/C17H30N2O/c1-13(11-14-5-3-2-4-6-14)17(20)19-10-9-15-7-8-16(12-19)18-15/h13-16,18H,2-12H2,1H3. The van der Waals surface area contributed by atoms with Crippen LogP contribution in [0.3, 0.4) is 0 Å². The van der Waals surface area contributed by atoms with E-state index in [2.05, 4.69) is 17.1 Å². The molecular weight excluding hydrogens is 248 g/mol. The third kappa shape index (κ3) is 3.36. The van der Waals surface area contributed by atoms with E-state index in [0.29, 0.717) is 18.0 Å². The largest absolute Gasteiger partial charge is 0.341 e. The maximum Gasteiger partial charge on any atom is 0.225 e. The Hall–Kier alpha value is -0.570. The molecule has 0 radical (unpaired) electrons. The molecule has 1 amide bonds. The fraction of sp³-hybridized carbons (Fsp3) is 0.941. The molecular formula is C17H30N2O. The predicted molar refractivity (Wildman–Crippen MR) is 81.5 cm³/mol. The summed E-state index contributed by atoms with van der Waals surface area (Å²) in [7, 11) is 0. The Bertz CT molecular complexity index is 338. The molecule has 3 atom stereocenters. The summed E-state index contributed by atoms with van der Waals surface area (Å²) in [6.07, 6.45) is 11.7. The van der Waals surface area contributed by atoms with Crippen molar-refractivity contribution < 1.29 is 4.79 Å². The van der Waals surface area contributed by atoms with E-state index in [0.717, 1.165) is 31.8 Å². The van der Waals surface area contributed by atoms with Crippen molar-refractivity contribution in [1.29, 1.82) is 0 Å². The molecule has 1 aliphatic carbocycles. The summed E-state index contributed by atoms with van der Waals surface area (Å²) < 4.78 is 0. The predicted octanol–water partition coefficient (Wildman–Crippen LogP) is 2.95. The molecule has 0 spiro atoms. The third-order valence-corrected chi connectivity index (χ3v) is 5.67. The van der Waals surface area contributed by atoms with E-state index in [-0.39, 0.29) is 5.92 Å². The number of hydrogen-bond donors (Lipinski definition) is 1. The molecule has 1 saturated carbocycles. The van der Waals surface area contributed by atoms with Gasteiger partial charge in [0.25, 0.3) is 0 Å². The van der Waals surface area contributed by atoms with Gasteiger partial charge in [0.15, 0.2) is 0 Å². The number of carbonyl (C=O) groups is 1. The van der Waals surface area contributed by atoms with Gasteiger partial charge in [0.2, 0.25) is 5.91 Å². The van der Waals surface area contributed by atoms with Gasteiger partial charge >= 0.3 is 0 Å². The van der Waals surface area contributed by atoms with Crippen molar-refractivity contribution in [1.82, 2.24) is 10.2 Å². The highest BCUT2D eigenvalue weighted by Gasteiger charge is 2.33. The third-order valence-electron chi connectivity index (χ3n) is 5.67. The van der Waals surface area contributed by atoms with E-state index in [1.165, 1.54) is 44.9 Å². The second-order valence-corrected chi connectivity index (χ2v) is 7.35. The number of amides is 1. The lowest BCUT2D eigenvalue weighted by Crippen LogP contribution is -2.41. The van der Waals surface area contributed by atoms with Crippen LogP contribution in [0.25, 0.3) is 0 Å². The minimum atomic E-state index is 0.231. The van der Waals surface area contributed by atoms with Gasteiger partial charge in [-0.15, -0.1) is 0 Å². The Kier molecular flexibility index (Phi) is 4.65. The molecule has 0 aromatic heterocycles. The van der Waals surface area contributed by atoms with Crippen molar-refractivity contribution in [3.63, 3.8) is 0 Å². The number of rotatable bonds is 3. The fourth-order valence-electron chi connectivity index (χ4n) is 4.48. The molecule has 3 unspecified atom stereocenters. The Morgan fingerprint density at radius 3 is 2.65 bits per heavy atom. The van der Waals surface area contributed by atoms with Gasteiger partial charge in [-0.05, 0) is 31.6 Å². The molecule has 114 valence electrons. The SMILES string of the molecule is CC(CC1CCCCC1)C(=O)N1CCC2CCC(C1)N2. The first-order chi connectivity index (χ1) is 9.72. The lowest BCUT2D eigenvalue weighted by molar-refractivity contribution is -0.135. The van der Waals surface area contributed by atoms with E-state index in [4.69, 9.17) is 0 Å². The van der Waals surface area contributed by atoms with Crippen LogP contribution in [0.4, 0.5) is 0 Å². The summed E-state index contributed by atoms with van der Waals surface area (Å²) in [5.41, 5.74) is 0. The van der Waals surface area contributed by atoms with Crippen LogP contribution in [-0.2, 0) is 4.79 Å². The summed E-state index contributed by atoms with van der Waals surface area (Å²) in [6.45, 7) is 4.08. The van der Waals surface area contributed by atoms with Gasteiger partial charge in [-0.2, -0.15) is 0 Å². The van der Waals surface area contributed by atoms with Gasteiger partial charge in [0.1, 0.15) is 0 Å². The number of carbonyl (C=O) groups excluding carboxylic acids is 1. The quantitative estimate of drug-likeness (QED) is 0.861. The van der Waals surface area contributed by atoms with Gasteiger partial charge in [-0.3, -0.25) is 4.79 Å². The van der Waals surface area contributed by atoms with E-state index in [9.17, 15) is 4.79 Å². The Morgan fingerprint density at radius 1 is 1.10 bits per heavy atom. The van der Waals surface area contributed by atoms with Crippen LogP contribution in [0.2, 0.25) is 0 Å². The van der Waals surface area contributed by atoms with Crippen molar-refractivity contribution in [2.24, 2.45) is 11.8 Å². The summed E-state index contributed by atoms with van der Waals surface area (Å²) >= 11 is 0.